The maximum absolute atomic E-state index is 9.19. The van der Waals surface area contributed by atoms with Crippen molar-refractivity contribution in [1.29, 1.82) is 0 Å². The van der Waals surface area contributed by atoms with Crippen LogP contribution in [0.25, 0.3) is 21.5 Å². The summed E-state index contributed by atoms with van der Waals surface area (Å²) in [7, 11) is -1.70. The van der Waals surface area contributed by atoms with Crippen molar-refractivity contribution in [2.45, 2.75) is 51.2 Å². The number of ether oxygens (including phenoxy) is 2. The number of nitrogens with two attached hydrogens (primary N) is 1. The van der Waals surface area contributed by atoms with Gasteiger partial charge in [-0.2, -0.15) is 8.42 Å². The van der Waals surface area contributed by atoms with Gasteiger partial charge in [-0.1, -0.05) is 85.6 Å². The monoisotopic (exact) mass is 841 g/mol. The number of nitrogens with one attached hydrogen (secondary N) is 1. The molecule has 2 unspecified atom stereocenters. The second-order valence-electron chi connectivity index (χ2n) is 12.5. The molecule has 0 amide bonds. The van der Waals surface area contributed by atoms with Gasteiger partial charge in [-0.15, -0.1) is 11.3 Å². The third kappa shape index (κ3) is 15.8. The van der Waals surface area contributed by atoms with Gasteiger partial charge in [-0.3, -0.25) is 9.54 Å². The molecule has 0 spiro atoms. The third-order valence-corrected chi connectivity index (χ3v) is 9.25. The number of furan rings is 1. The first-order valence-corrected chi connectivity index (χ1v) is 21.0. The number of carboxylic acid groups (broad SMARTS) is 2. The molecule has 4 aromatic carbocycles. The van der Waals surface area contributed by atoms with E-state index in [2.05, 4.69) is 53.6 Å². The smallest absolute Gasteiger partial charge is 0.414 e. The van der Waals surface area contributed by atoms with Crippen LogP contribution in [0.15, 0.2) is 108 Å². The van der Waals surface area contributed by atoms with Gasteiger partial charge in [0.1, 0.15) is 23.7 Å². The number of benzene rings is 4. The first-order valence-electron chi connectivity index (χ1n) is 17.9. The van der Waals surface area contributed by atoms with Gasteiger partial charge in [0.05, 0.1) is 34.2 Å². The summed E-state index contributed by atoms with van der Waals surface area (Å²) in [4.78, 5) is 23.4. The van der Waals surface area contributed by atoms with Gasteiger partial charge < -0.3 is 35.2 Å². The van der Waals surface area contributed by atoms with Crippen molar-refractivity contribution in [3.05, 3.63) is 124 Å². The van der Waals surface area contributed by atoms with E-state index < -0.39 is 22.1 Å². The lowest BCUT2D eigenvalue weighted by molar-refractivity contribution is -0.159. The number of unbranched alkanes of at least 4 members (excludes halogenated alkanes) is 1. The zero-order valence-electron chi connectivity index (χ0n) is 31.8. The van der Waals surface area contributed by atoms with Crippen molar-refractivity contribution in [2.75, 3.05) is 26.4 Å². The molecule has 0 radical (unpaired) electrons. The van der Waals surface area contributed by atoms with E-state index in [1.165, 1.54) is 29.2 Å². The molecule has 0 saturated carbocycles. The number of aliphatic carboxylic acids is 2. The van der Waals surface area contributed by atoms with Crippen molar-refractivity contribution in [2.24, 2.45) is 5.73 Å². The minimum absolute atomic E-state index is 0.0175. The van der Waals surface area contributed by atoms with Gasteiger partial charge >= 0.3 is 11.9 Å². The quantitative estimate of drug-likeness (QED) is 0.0514. The van der Waals surface area contributed by atoms with Crippen LogP contribution in [0.1, 0.15) is 60.8 Å². The Balaban J connectivity index is 0.000000244. The fourth-order valence-corrected chi connectivity index (χ4v) is 6.37. The van der Waals surface area contributed by atoms with E-state index in [0.29, 0.717) is 23.6 Å². The minimum atomic E-state index is -3.67. The molecule has 0 aliphatic carbocycles. The molecule has 2 heterocycles. The molecule has 6 aromatic rings. The normalized spacial score (nSPS) is 11.8. The number of halogens is 1. The van der Waals surface area contributed by atoms with Crippen molar-refractivity contribution in [1.82, 2.24) is 10.3 Å². The Bertz CT molecular complexity index is 2220. The lowest BCUT2D eigenvalue weighted by Crippen LogP contribution is -2.16. The van der Waals surface area contributed by atoms with Crippen LogP contribution in [0.4, 0.5) is 0 Å². The molecule has 6 rings (SSSR count). The number of aryl methyl sites for hydroxylation is 1. The standard InChI is InChI=1S/C22H27NO2.C16H15ClN2OS.C2H2O4.CH4O3S/c1-3-4-7-17-10-11-22(20-9-6-5-8-19(17)20)25-21(12-14-23-2)18-13-15-24-16-18;17-13-6-5-11-3-1-2-4-12(11)16(13)20-14(7-8-18)15-9-19-10-21-15;3-1(4)2(5)6;1-5(2,3)4/h5-6,8-11,13,15-16,21,23H,3-4,7,12,14H2,1-2H3;1-6,9-10,14H,7-8,18H2;(H,3,4)(H,5,6);1H3,(H,2,3,4). The predicted molar refractivity (Wildman–Crippen MR) is 224 cm³/mol. The van der Waals surface area contributed by atoms with Crippen LogP contribution in [-0.4, -0.2) is 66.5 Å². The van der Waals surface area contributed by atoms with Gasteiger partial charge in [0, 0.05) is 35.4 Å². The largest absolute Gasteiger partial charge is 0.485 e. The summed E-state index contributed by atoms with van der Waals surface area (Å²) < 4.78 is 43.8. The van der Waals surface area contributed by atoms with Gasteiger partial charge in [-0.25, -0.2) is 9.59 Å². The Labute approximate surface area is 341 Å². The number of aromatic nitrogens is 1. The molecule has 57 heavy (non-hydrogen) atoms. The number of hydrogen-bond acceptors (Lipinski definition) is 11. The summed E-state index contributed by atoms with van der Waals surface area (Å²) in [5.41, 5.74) is 9.99. The summed E-state index contributed by atoms with van der Waals surface area (Å²) in [5.74, 6) is -2.00. The summed E-state index contributed by atoms with van der Waals surface area (Å²) in [6, 6.07) is 26.8. The van der Waals surface area contributed by atoms with Crippen molar-refractivity contribution >= 4 is 66.5 Å². The highest BCUT2D eigenvalue weighted by Gasteiger charge is 2.19. The van der Waals surface area contributed by atoms with Crippen LogP contribution >= 0.6 is 22.9 Å². The average Bonchev–Trinajstić information content (AvgIpc) is 3.93. The molecule has 0 bridgehead atoms. The molecule has 0 aliphatic rings. The lowest BCUT2D eigenvalue weighted by Gasteiger charge is -2.20. The molecule has 306 valence electrons. The van der Waals surface area contributed by atoms with Gasteiger partial charge in [-0.05, 0) is 67.5 Å². The maximum Gasteiger partial charge on any atom is 0.414 e. The molecular formula is C41H48ClN3O10S2. The molecule has 2 atom stereocenters. The zero-order valence-corrected chi connectivity index (χ0v) is 34.2. The molecule has 16 heteroatoms. The number of fused-ring (bicyclic) bond motifs is 2. The van der Waals surface area contributed by atoms with Crippen LogP contribution in [0.2, 0.25) is 5.02 Å². The number of hydrogen-bond donors (Lipinski definition) is 5. The highest BCUT2D eigenvalue weighted by molar-refractivity contribution is 7.85. The van der Waals surface area contributed by atoms with E-state index in [4.69, 9.17) is 55.6 Å². The van der Waals surface area contributed by atoms with E-state index in [-0.39, 0.29) is 12.2 Å². The molecule has 0 aliphatic heterocycles. The Morgan fingerprint density at radius 3 is 2.18 bits per heavy atom. The van der Waals surface area contributed by atoms with Crippen LogP contribution in [0.5, 0.6) is 11.5 Å². The first-order chi connectivity index (χ1) is 27.3. The second-order valence-corrected chi connectivity index (χ2v) is 15.2. The van der Waals surface area contributed by atoms with E-state index in [9.17, 15) is 8.42 Å². The lowest BCUT2D eigenvalue weighted by atomic mass is 9.99. The van der Waals surface area contributed by atoms with Crippen molar-refractivity contribution in [3.63, 3.8) is 0 Å². The Morgan fingerprint density at radius 1 is 0.930 bits per heavy atom. The highest BCUT2D eigenvalue weighted by atomic mass is 35.5. The van der Waals surface area contributed by atoms with E-state index >= 15 is 0 Å². The number of carbonyl (C=O) groups is 2. The average molecular weight is 842 g/mol. The molecule has 2 aromatic heterocycles. The second kappa shape index (κ2) is 23.9. The number of carboxylic acids is 2. The summed E-state index contributed by atoms with van der Waals surface area (Å²) in [6.07, 6.45) is 11.0. The summed E-state index contributed by atoms with van der Waals surface area (Å²) in [5, 5.41) is 23.2. The van der Waals surface area contributed by atoms with Crippen LogP contribution in [0.3, 0.4) is 0 Å². The van der Waals surface area contributed by atoms with Crippen LogP contribution in [0, 0.1) is 0 Å². The topological polar surface area (TPSA) is 212 Å². The fourth-order valence-electron chi connectivity index (χ4n) is 5.48. The Kier molecular flexibility index (Phi) is 19.4. The van der Waals surface area contributed by atoms with Gasteiger partial charge in [0.25, 0.3) is 10.1 Å². The van der Waals surface area contributed by atoms with E-state index in [1.54, 1.807) is 29.4 Å². The molecule has 0 fully saturated rings. The number of rotatable bonds is 14. The van der Waals surface area contributed by atoms with Crippen molar-refractivity contribution < 1.29 is 46.7 Å². The Morgan fingerprint density at radius 2 is 1.60 bits per heavy atom. The van der Waals surface area contributed by atoms with Gasteiger partial charge in [0.2, 0.25) is 0 Å². The number of thiazole rings is 1. The molecule has 0 saturated heterocycles. The fraction of sp³-hybridized carbons (Fsp3) is 0.293. The zero-order chi connectivity index (χ0) is 41.8. The highest BCUT2D eigenvalue weighted by Crippen LogP contribution is 2.38. The maximum atomic E-state index is 9.19. The van der Waals surface area contributed by atoms with E-state index in [0.717, 1.165) is 52.8 Å². The Hall–Kier alpha value is -5.03. The van der Waals surface area contributed by atoms with Crippen LogP contribution in [-0.2, 0) is 26.1 Å². The third-order valence-electron chi connectivity index (χ3n) is 8.09. The molecular weight excluding hydrogens is 794 g/mol. The summed E-state index contributed by atoms with van der Waals surface area (Å²) >= 11 is 7.91. The van der Waals surface area contributed by atoms with Gasteiger partial charge in [0.15, 0.2) is 0 Å². The van der Waals surface area contributed by atoms with Crippen molar-refractivity contribution in [3.8, 4) is 11.5 Å². The molecule has 13 nitrogen and oxygen atoms in total. The minimum Gasteiger partial charge on any atom is -0.485 e. The molecule has 6 N–H and O–H groups in total. The SMILES string of the molecule is CCCCc1ccc(OC(CCNC)c2ccoc2)c2ccccc12.CS(=O)(=O)O.NCCC(Oc1c(Cl)ccc2ccccc12)c1cncs1.O=C(O)C(=O)O. The first kappa shape index (κ1) is 46.4. The predicted octanol–water partition coefficient (Wildman–Crippen LogP) is 8.58. The van der Waals surface area contributed by atoms with E-state index in [1.807, 2.05) is 55.7 Å². The number of nitrogens with zero attached hydrogens (tertiary/aromatic N) is 1. The summed E-state index contributed by atoms with van der Waals surface area (Å²) in [6.45, 7) is 3.67. The van der Waals surface area contributed by atoms with Crippen LogP contribution < -0.4 is 20.5 Å².